The summed E-state index contributed by atoms with van der Waals surface area (Å²) >= 11 is 7.62. The van der Waals surface area contributed by atoms with Gasteiger partial charge in [0.15, 0.2) is 0 Å². The molecule has 1 unspecified atom stereocenters. The van der Waals surface area contributed by atoms with E-state index in [1.807, 2.05) is 19.1 Å². The number of anilines is 1. The van der Waals surface area contributed by atoms with Crippen molar-refractivity contribution in [2.24, 2.45) is 0 Å². The van der Waals surface area contributed by atoms with Gasteiger partial charge in [0.2, 0.25) is 5.91 Å². The Morgan fingerprint density at radius 1 is 1.62 bits per heavy atom. The van der Waals surface area contributed by atoms with E-state index >= 15 is 0 Å². The molecule has 16 heavy (non-hydrogen) atoms. The van der Waals surface area contributed by atoms with E-state index < -0.39 is 0 Å². The van der Waals surface area contributed by atoms with Crippen LogP contribution in [-0.2, 0) is 4.79 Å². The molecule has 2 N–H and O–H groups in total. The van der Waals surface area contributed by atoms with Crippen LogP contribution in [0.3, 0.4) is 0 Å². The van der Waals surface area contributed by atoms with E-state index in [0.717, 1.165) is 22.9 Å². The maximum absolute atomic E-state index is 11.8. The lowest BCUT2D eigenvalue weighted by atomic mass is 10.2. The van der Waals surface area contributed by atoms with Crippen LogP contribution in [0.1, 0.15) is 5.56 Å². The Morgan fingerprint density at radius 3 is 3.12 bits per heavy atom. The zero-order chi connectivity index (χ0) is 11.5. The number of thioether (sulfide) groups is 1. The van der Waals surface area contributed by atoms with Crippen molar-refractivity contribution in [2.45, 2.75) is 13.0 Å². The summed E-state index contributed by atoms with van der Waals surface area (Å²) in [4.78, 5) is 11.8. The van der Waals surface area contributed by atoms with Gasteiger partial charge in [0.1, 0.15) is 0 Å². The van der Waals surface area contributed by atoms with Gasteiger partial charge < -0.3 is 5.32 Å². The Kier molecular flexibility index (Phi) is 3.74. The Bertz CT molecular complexity index is 405. The van der Waals surface area contributed by atoms with Crippen molar-refractivity contribution < 1.29 is 4.79 Å². The molecule has 0 spiro atoms. The molecule has 1 heterocycles. The fraction of sp³-hybridized carbons (Fsp3) is 0.364. The number of amides is 1. The third-order valence-corrected chi connectivity index (χ3v) is 3.67. The molecule has 0 saturated carbocycles. The first-order valence-electron chi connectivity index (χ1n) is 5.05. The number of benzene rings is 1. The molecule has 1 aliphatic rings. The minimum atomic E-state index is -0.0941. The van der Waals surface area contributed by atoms with E-state index in [-0.39, 0.29) is 11.9 Å². The summed E-state index contributed by atoms with van der Waals surface area (Å²) in [7, 11) is 0. The van der Waals surface area contributed by atoms with Crippen LogP contribution in [0.25, 0.3) is 0 Å². The summed E-state index contributed by atoms with van der Waals surface area (Å²) in [5.41, 5.74) is 1.81. The summed E-state index contributed by atoms with van der Waals surface area (Å²) < 4.78 is 0. The smallest absolute Gasteiger partial charge is 0.242 e. The fourth-order valence-corrected chi connectivity index (χ4v) is 2.63. The third-order valence-electron chi connectivity index (χ3n) is 2.49. The molecule has 1 aromatic rings. The van der Waals surface area contributed by atoms with Crippen molar-refractivity contribution in [3.8, 4) is 0 Å². The average molecular weight is 257 g/mol. The first-order valence-corrected chi connectivity index (χ1v) is 6.58. The molecule has 3 nitrogen and oxygen atoms in total. The molecular formula is C11H13ClN2OS. The lowest BCUT2D eigenvalue weighted by Gasteiger charge is -2.12. The minimum absolute atomic E-state index is 0.00960. The van der Waals surface area contributed by atoms with Crippen LogP contribution >= 0.6 is 23.4 Å². The molecule has 0 aliphatic carbocycles. The quantitative estimate of drug-likeness (QED) is 0.853. The lowest BCUT2D eigenvalue weighted by molar-refractivity contribution is -0.117. The van der Waals surface area contributed by atoms with Crippen molar-refractivity contribution in [1.82, 2.24) is 5.32 Å². The highest BCUT2D eigenvalue weighted by atomic mass is 35.5. The Morgan fingerprint density at radius 2 is 2.44 bits per heavy atom. The molecule has 1 saturated heterocycles. The first kappa shape index (κ1) is 11.8. The number of nitrogens with one attached hydrogen (secondary N) is 2. The van der Waals surface area contributed by atoms with E-state index in [2.05, 4.69) is 10.6 Å². The van der Waals surface area contributed by atoms with Gasteiger partial charge in [0, 0.05) is 22.3 Å². The van der Waals surface area contributed by atoms with Gasteiger partial charge >= 0.3 is 0 Å². The van der Waals surface area contributed by atoms with Crippen molar-refractivity contribution >= 4 is 35.0 Å². The summed E-state index contributed by atoms with van der Waals surface area (Å²) in [6.07, 6.45) is 0. The van der Waals surface area contributed by atoms with E-state index in [1.54, 1.807) is 17.8 Å². The number of hydrogen-bond acceptors (Lipinski definition) is 3. The number of carbonyl (C=O) groups excluding carboxylic acids is 1. The molecular weight excluding hydrogens is 244 g/mol. The molecule has 0 bridgehead atoms. The number of aryl methyl sites for hydroxylation is 1. The standard InChI is InChI=1S/C11H13ClN2OS/c1-7-2-3-8(12)4-9(7)14-11(15)10-5-16-6-13-10/h2-4,10,13H,5-6H2,1H3,(H,14,15). The zero-order valence-electron chi connectivity index (χ0n) is 8.92. The number of halogens is 1. The van der Waals surface area contributed by atoms with Crippen molar-refractivity contribution in [3.63, 3.8) is 0 Å². The SMILES string of the molecule is Cc1ccc(Cl)cc1NC(=O)C1CSCN1. The number of rotatable bonds is 2. The second-order valence-corrected chi connectivity index (χ2v) is 5.19. The van der Waals surface area contributed by atoms with E-state index in [1.165, 1.54) is 0 Å². The lowest BCUT2D eigenvalue weighted by Crippen LogP contribution is -2.37. The van der Waals surface area contributed by atoms with Crippen LogP contribution in [-0.4, -0.2) is 23.6 Å². The fourth-order valence-electron chi connectivity index (χ4n) is 1.51. The normalized spacial score (nSPS) is 19.8. The summed E-state index contributed by atoms with van der Waals surface area (Å²) in [5.74, 6) is 1.67. The van der Waals surface area contributed by atoms with Gasteiger partial charge in [-0.15, -0.1) is 11.8 Å². The Labute approximate surface area is 104 Å². The summed E-state index contributed by atoms with van der Waals surface area (Å²) in [6.45, 7) is 1.95. The Hall–Kier alpha value is -0.710. The predicted octanol–water partition coefficient (Wildman–Crippen LogP) is 2.25. The van der Waals surface area contributed by atoms with Crippen molar-refractivity contribution in [2.75, 3.05) is 16.9 Å². The van der Waals surface area contributed by atoms with Crippen molar-refractivity contribution in [1.29, 1.82) is 0 Å². The van der Waals surface area contributed by atoms with Gasteiger partial charge in [-0.25, -0.2) is 0 Å². The van der Waals surface area contributed by atoms with E-state index in [4.69, 9.17) is 11.6 Å². The van der Waals surface area contributed by atoms with Crippen LogP contribution in [0.4, 0.5) is 5.69 Å². The molecule has 1 aromatic carbocycles. The predicted molar refractivity (Wildman–Crippen MR) is 69.1 cm³/mol. The maximum Gasteiger partial charge on any atom is 0.242 e. The Balaban J connectivity index is 2.07. The second kappa shape index (κ2) is 5.08. The highest BCUT2D eigenvalue weighted by molar-refractivity contribution is 7.99. The van der Waals surface area contributed by atoms with Crippen LogP contribution < -0.4 is 10.6 Å². The average Bonchev–Trinajstić information content (AvgIpc) is 2.76. The molecule has 0 radical (unpaired) electrons. The van der Waals surface area contributed by atoms with Gasteiger partial charge in [0.25, 0.3) is 0 Å². The van der Waals surface area contributed by atoms with Crippen LogP contribution in [0, 0.1) is 6.92 Å². The van der Waals surface area contributed by atoms with E-state index in [9.17, 15) is 4.79 Å². The van der Waals surface area contributed by atoms with Crippen LogP contribution in [0.5, 0.6) is 0 Å². The van der Waals surface area contributed by atoms with Gasteiger partial charge in [0.05, 0.1) is 6.04 Å². The number of hydrogen-bond donors (Lipinski definition) is 2. The highest BCUT2D eigenvalue weighted by Crippen LogP contribution is 2.21. The third kappa shape index (κ3) is 2.70. The molecule has 2 rings (SSSR count). The van der Waals surface area contributed by atoms with E-state index in [0.29, 0.717) is 5.02 Å². The minimum Gasteiger partial charge on any atom is -0.324 e. The van der Waals surface area contributed by atoms with Gasteiger partial charge in [-0.1, -0.05) is 17.7 Å². The van der Waals surface area contributed by atoms with Crippen LogP contribution in [0.15, 0.2) is 18.2 Å². The van der Waals surface area contributed by atoms with Gasteiger partial charge in [-0.3, -0.25) is 10.1 Å². The molecule has 0 aromatic heterocycles. The highest BCUT2D eigenvalue weighted by Gasteiger charge is 2.22. The topological polar surface area (TPSA) is 41.1 Å². The largest absolute Gasteiger partial charge is 0.324 e. The zero-order valence-corrected chi connectivity index (χ0v) is 10.5. The van der Waals surface area contributed by atoms with Crippen molar-refractivity contribution in [3.05, 3.63) is 28.8 Å². The molecule has 5 heteroatoms. The molecule has 1 atom stereocenters. The van der Waals surface area contributed by atoms with Gasteiger partial charge in [-0.05, 0) is 24.6 Å². The first-order chi connectivity index (χ1) is 7.66. The molecule has 86 valence electrons. The second-order valence-electron chi connectivity index (χ2n) is 3.72. The molecule has 1 fully saturated rings. The summed E-state index contributed by atoms with van der Waals surface area (Å²) in [6, 6.07) is 5.39. The molecule has 1 aliphatic heterocycles. The monoisotopic (exact) mass is 256 g/mol. The molecule has 1 amide bonds. The maximum atomic E-state index is 11.8. The van der Waals surface area contributed by atoms with Gasteiger partial charge in [-0.2, -0.15) is 0 Å². The van der Waals surface area contributed by atoms with Crippen LogP contribution in [0.2, 0.25) is 5.02 Å². The summed E-state index contributed by atoms with van der Waals surface area (Å²) in [5, 5.41) is 6.66. The number of carbonyl (C=O) groups is 1.